The molecule has 1 unspecified atom stereocenters. The van der Waals surface area contributed by atoms with Crippen molar-refractivity contribution in [2.24, 2.45) is 0 Å². The van der Waals surface area contributed by atoms with Gasteiger partial charge < -0.3 is 0 Å². The zero-order chi connectivity index (χ0) is 14.6. The van der Waals surface area contributed by atoms with E-state index in [4.69, 9.17) is 0 Å². The van der Waals surface area contributed by atoms with Crippen LogP contribution in [0.3, 0.4) is 0 Å². The van der Waals surface area contributed by atoms with Crippen LogP contribution in [-0.2, 0) is 6.18 Å². The van der Waals surface area contributed by atoms with E-state index >= 15 is 0 Å². The molecule has 0 aromatic heterocycles. The lowest BCUT2D eigenvalue weighted by atomic mass is 9.94. The summed E-state index contributed by atoms with van der Waals surface area (Å²) in [4.78, 5) is 2.43. The van der Waals surface area contributed by atoms with E-state index in [0.717, 1.165) is 44.3 Å². The Bertz CT molecular complexity index is 411. The van der Waals surface area contributed by atoms with Gasteiger partial charge in [-0.15, -0.1) is 0 Å². The van der Waals surface area contributed by atoms with Crippen molar-refractivity contribution in [3.63, 3.8) is 0 Å². The SMILES string of the molecule is CCCCN1CCCCC1c1ccc(C(F)(F)F)cc1. The molecule has 0 bridgehead atoms. The van der Waals surface area contributed by atoms with Crippen molar-refractivity contribution in [2.45, 2.75) is 51.2 Å². The van der Waals surface area contributed by atoms with Crippen LogP contribution in [0.4, 0.5) is 13.2 Å². The second kappa shape index (κ2) is 6.61. The van der Waals surface area contributed by atoms with Gasteiger partial charge in [0.15, 0.2) is 0 Å². The number of halogens is 3. The molecule has 1 heterocycles. The summed E-state index contributed by atoms with van der Waals surface area (Å²) >= 11 is 0. The number of benzene rings is 1. The van der Waals surface area contributed by atoms with E-state index in [2.05, 4.69) is 11.8 Å². The summed E-state index contributed by atoms with van der Waals surface area (Å²) in [5, 5.41) is 0. The van der Waals surface area contributed by atoms with E-state index in [9.17, 15) is 13.2 Å². The van der Waals surface area contributed by atoms with E-state index in [1.807, 2.05) is 0 Å². The first kappa shape index (κ1) is 15.4. The van der Waals surface area contributed by atoms with Crippen LogP contribution in [0.5, 0.6) is 0 Å². The summed E-state index contributed by atoms with van der Waals surface area (Å²) in [7, 11) is 0. The Labute approximate surface area is 118 Å². The van der Waals surface area contributed by atoms with Crippen molar-refractivity contribution in [2.75, 3.05) is 13.1 Å². The minimum atomic E-state index is -4.24. The number of unbranched alkanes of at least 4 members (excludes halogenated alkanes) is 1. The molecule has 1 saturated heterocycles. The van der Waals surface area contributed by atoms with Crippen LogP contribution in [0.15, 0.2) is 24.3 Å². The predicted molar refractivity (Wildman–Crippen MR) is 74.5 cm³/mol. The van der Waals surface area contributed by atoms with Crippen molar-refractivity contribution >= 4 is 0 Å². The summed E-state index contributed by atoms with van der Waals surface area (Å²) in [6.45, 7) is 4.27. The summed E-state index contributed by atoms with van der Waals surface area (Å²) < 4.78 is 37.8. The molecule has 1 atom stereocenters. The van der Waals surface area contributed by atoms with Crippen LogP contribution in [0.25, 0.3) is 0 Å². The quantitative estimate of drug-likeness (QED) is 0.749. The third-order valence-electron chi connectivity index (χ3n) is 4.04. The number of alkyl halides is 3. The van der Waals surface area contributed by atoms with Gasteiger partial charge in [-0.25, -0.2) is 0 Å². The largest absolute Gasteiger partial charge is 0.416 e. The summed E-state index contributed by atoms with van der Waals surface area (Å²) in [5.74, 6) is 0. The summed E-state index contributed by atoms with van der Waals surface area (Å²) in [6.07, 6.45) is 1.46. The molecule has 1 aromatic carbocycles. The van der Waals surface area contributed by atoms with Crippen LogP contribution in [-0.4, -0.2) is 18.0 Å². The fourth-order valence-electron chi connectivity index (χ4n) is 2.89. The molecule has 1 nitrogen and oxygen atoms in total. The lowest BCUT2D eigenvalue weighted by Crippen LogP contribution is -2.34. The minimum Gasteiger partial charge on any atom is -0.296 e. The molecule has 0 saturated carbocycles. The van der Waals surface area contributed by atoms with Crippen molar-refractivity contribution in [3.05, 3.63) is 35.4 Å². The van der Waals surface area contributed by atoms with Gasteiger partial charge in [0.1, 0.15) is 0 Å². The van der Waals surface area contributed by atoms with Gasteiger partial charge in [-0.1, -0.05) is 31.9 Å². The van der Waals surface area contributed by atoms with E-state index in [1.165, 1.54) is 18.6 Å². The number of hydrogen-bond donors (Lipinski definition) is 0. The summed E-state index contributed by atoms with van der Waals surface area (Å²) in [6, 6.07) is 6.01. The Hall–Kier alpha value is -1.03. The highest BCUT2D eigenvalue weighted by atomic mass is 19.4. The van der Waals surface area contributed by atoms with Gasteiger partial charge in [-0.2, -0.15) is 13.2 Å². The predicted octanol–water partition coefficient (Wildman–Crippen LogP) is 5.03. The Morgan fingerprint density at radius 3 is 2.45 bits per heavy atom. The van der Waals surface area contributed by atoms with Crippen LogP contribution in [0, 0.1) is 0 Å². The highest BCUT2D eigenvalue weighted by Gasteiger charge is 2.31. The molecule has 1 aliphatic rings. The molecule has 20 heavy (non-hydrogen) atoms. The van der Waals surface area contributed by atoms with Gasteiger partial charge in [-0.05, 0) is 50.0 Å². The normalized spacial score (nSPS) is 21.1. The van der Waals surface area contributed by atoms with Crippen LogP contribution in [0.2, 0.25) is 0 Å². The number of nitrogens with zero attached hydrogens (tertiary/aromatic N) is 1. The highest BCUT2D eigenvalue weighted by molar-refractivity contribution is 5.27. The maximum Gasteiger partial charge on any atom is 0.416 e. The average Bonchev–Trinajstić information content (AvgIpc) is 2.45. The van der Waals surface area contributed by atoms with Gasteiger partial charge in [0, 0.05) is 6.04 Å². The number of rotatable bonds is 4. The fraction of sp³-hybridized carbons (Fsp3) is 0.625. The first-order chi connectivity index (χ1) is 9.52. The third kappa shape index (κ3) is 3.75. The van der Waals surface area contributed by atoms with Crippen molar-refractivity contribution in [3.8, 4) is 0 Å². The van der Waals surface area contributed by atoms with Crippen LogP contribution in [0.1, 0.15) is 56.2 Å². The van der Waals surface area contributed by atoms with Crippen molar-refractivity contribution in [1.29, 1.82) is 0 Å². The minimum absolute atomic E-state index is 0.289. The Balaban J connectivity index is 2.11. The molecule has 1 fully saturated rings. The molecule has 112 valence electrons. The summed E-state index contributed by atoms with van der Waals surface area (Å²) in [5.41, 5.74) is 0.464. The monoisotopic (exact) mass is 285 g/mol. The average molecular weight is 285 g/mol. The van der Waals surface area contributed by atoms with Crippen LogP contribution < -0.4 is 0 Å². The molecule has 0 N–H and O–H groups in total. The standard InChI is InChI=1S/C16H22F3N/c1-2-3-11-20-12-5-4-6-15(20)13-7-9-14(10-8-13)16(17,18)19/h7-10,15H,2-6,11-12H2,1H3. The van der Waals surface area contributed by atoms with E-state index in [-0.39, 0.29) is 6.04 Å². The maximum atomic E-state index is 12.6. The Kier molecular flexibility index (Phi) is 5.08. The number of hydrogen-bond acceptors (Lipinski definition) is 1. The molecular formula is C16H22F3N. The maximum absolute atomic E-state index is 12.6. The lowest BCUT2D eigenvalue weighted by Gasteiger charge is -2.36. The zero-order valence-corrected chi connectivity index (χ0v) is 11.9. The third-order valence-corrected chi connectivity index (χ3v) is 4.04. The topological polar surface area (TPSA) is 3.24 Å². The van der Waals surface area contributed by atoms with Gasteiger partial charge in [-0.3, -0.25) is 4.90 Å². The molecule has 0 radical (unpaired) electrons. The second-order valence-corrected chi connectivity index (χ2v) is 5.52. The van der Waals surface area contributed by atoms with E-state index < -0.39 is 11.7 Å². The molecule has 2 rings (SSSR count). The molecule has 1 aliphatic heterocycles. The van der Waals surface area contributed by atoms with E-state index in [0.29, 0.717) is 0 Å². The van der Waals surface area contributed by atoms with E-state index in [1.54, 1.807) is 12.1 Å². The number of likely N-dealkylation sites (tertiary alicyclic amines) is 1. The van der Waals surface area contributed by atoms with Gasteiger partial charge in [0.2, 0.25) is 0 Å². The van der Waals surface area contributed by atoms with Gasteiger partial charge in [0.25, 0.3) is 0 Å². The van der Waals surface area contributed by atoms with Crippen molar-refractivity contribution in [1.82, 2.24) is 4.90 Å². The van der Waals surface area contributed by atoms with Crippen molar-refractivity contribution < 1.29 is 13.2 Å². The first-order valence-electron chi connectivity index (χ1n) is 7.43. The molecule has 0 spiro atoms. The van der Waals surface area contributed by atoms with Crippen LogP contribution >= 0.6 is 0 Å². The Morgan fingerprint density at radius 2 is 1.85 bits per heavy atom. The fourth-order valence-corrected chi connectivity index (χ4v) is 2.89. The smallest absolute Gasteiger partial charge is 0.296 e. The molecule has 1 aromatic rings. The molecule has 0 aliphatic carbocycles. The molecule has 0 amide bonds. The Morgan fingerprint density at radius 1 is 1.15 bits per heavy atom. The van der Waals surface area contributed by atoms with Gasteiger partial charge >= 0.3 is 6.18 Å². The molecular weight excluding hydrogens is 263 g/mol. The second-order valence-electron chi connectivity index (χ2n) is 5.52. The lowest BCUT2D eigenvalue weighted by molar-refractivity contribution is -0.137. The highest BCUT2D eigenvalue weighted by Crippen LogP contribution is 2.34. The van der Waals surface area contributed by atoms with Gasteiger partial charge in [0.05, 0.1) is 5.56 Å². The number of piperidine rings is 1. The first-order valence-corrected chi connectivity index (χ1v) is 7.43. The zero-order valence-electron chi connectivity index (χ0n) is 11.9. The molecule has 4 heteroatoms.